The third-order valence-electron chi connectivity index (χ3n) is 4.16. The van der Waals surface area contributed by atoms with Gasteiger partial charge in [0.25, 0.3) is 0 Å². The Morgan fingerprint density at radius 1 is 1.04 bits per heavy atom. The van der Waals surface area contributed by atoms with E-state index in [9.17, 15) is 9.59 Å². The summed E-state index contributed by atoms with van der Waals surface area (Å²) in [5.41, 5.74) is 1.74. The van der Waals surface area contributed by atoms with Gasteiger partial charge in [0.2, 0.25) is 5.91 Å². The van der Waals surface area contributed by atoms with Crippen molar-refractivity contribution in [2.45, 2.75) is 33.1 Å². The van der Waals surface area contributed by atoms with Crippen LogP contribution in [-0.4, -0.2) is 29.7 Å². The Balaban J connectivity index is 1.94. The van der Waals surface area contributed by atoms with Gasteiger partial charge in [-0.3, -0.25) is 9.59 Å². The fraction of sp³-hybridized carbons (Fsp3) is 0.304. The highest BCUT2D eigenvalue weighted by Gasteiger charge is 2.12. The van der Waals surface area contributed by atoms with Gasteiger partial charge in [-0.15, -0.1) is 0 Å². The maximum Gasteiger partial charge on any atom is 0.223 e. The van der Waals surface area contributed by atoms with Gasteiger partial charge in [0.1, 0.15) is 12.4 Å². The lowest BCUT2D eigenvalue weighted by Crippen LogP contribution is -2.23. The largest absolute Gasteiger partial charge is 0.489 e. The highest BCUT2D eigenvalue weighted by atomic mass is 16.5. The summed E-state index contributed by atoms with van der Waals surface area (Å²) in [5.74, 6) is 0.643. The molecular formula is C23H27NO3. The van der Waals surface area contributed by atoms with Crippen molar-refractivity contribution in [1.29, 1.82) is 0 Å². The Bertz CT molecular complexity index is 768. The molecule has 0 aliphatic rings. The number of Topliss-reactive ketones (excluding diaryl/α,β-unsaturated/α-hetero) is 1. The SMILES string of the molecule is CCCN(/C=C\COc1ccccc1C(=O)CCc1ccccc1)C(C)=O. The smallest absolute Gasteiger partial charge is 0.223 e. The predicted molar refractivity (Wildman–Crippen MR) is 108 cm³/mol. The third kappa shape index (κ3) is 6.74. The predicted octanol–water partition coefficient (Wildman–Crippen LogP) is 4.65. The van der Waals surface area contributed by atoms with Gasteiger partial charge in [0.05, 0.1) is 5.56 Å². The fourth-order valence-electron chi connectivity index (χ4n) is 2.75. The summed E-state index contributed by atoms with van der Waals surface area (Å²) in [4.78, 5) is 25.8. The third-order valence-corrected chi connectivity index (χ3v) is 4.16. The normalized spacial score (nSPS) is 10.7. The van der Waals surface area contributed by atoms with Gasteiger partial charge in [-0.2, -0.15) is 0 Å². The number of hydrogen-bond acceptors (Lipinski definition) is 3. The van der Waals surface area contributed by atoms with Crippen molar-refractivity contribution in [1.82, 2.24) is 4.90 Å². The minimum absolute atomic E-state index is 0.00425. The lowest BCUT2D eigenvalue weighted by molar-refractivity contribution is -0.126. The minimum atomic E-state index is 0.00425. The van der Waals surface area contributed by atoms with E-state index < -0.39 is 0 Å². The number of nitrogens with zero attached hydrogens (tertiary/aromatic N) is 1. The molecule has 0 aromatic heterocycles. The van der Waals surface area contributed by atoms with Crippen LogP contribution >= 0.6 is 0 Å². The van der Waals surface area contributed by atoms with Crippen molar-refractivity contribution in [2.75, 3.05) is 13.2 Å². The molecular weight excluding hydrogens is 338 g/mol. The summed E-state index contributed by atoms with van der Waals surface area (Å²) >= 11 is 0. The fourth-order valence-corrected chi connectivity index (χ4v) is 2.75. The summed E-state index contributed by atoms with van der Waals surface area (Å²) < 4.78 is 5.77. The van der Waals surface area contributed by atoms with E-state index in [1.165, 1.54) is 0 Å². The van der Waals surface area contributed by atoms with Crippen LogP contribution in [0.25, 0.3) is 0 Å². The zero-order valence-electron chi connectivity index (χ0n) is 16.1. The molecule has 0 saturated heterocycles. The van der Waals surface area contributed by atoms with E-state index in [1.54, 1.807) is 36.2 Å². The van der Waals surface area contributed by atoms with E-state index in [0.717, 1.165) is 12.0 Å². The van der Waals surface area contributed by atoms with Crippen molar-refractivity contribution in [3.8, 4) is 5.75 Å². The second-order valence-corrected chi connectivity index (χ2v) is 6.31. The second-order valence-electron chi connectivity index (χ2n) is 6.31. The molecule has 0 heterocycles. The Labute approximate surface area is 161 Å². The van der Waals surface area contributed by atoms with Crippen molar-refractivity contribution < 1.29 is 14.3 Å². The number of para-hydroxylation sites is 1. The molecule has 0 atom stereocenters. The molecule has 2 aromatic rings. The molecule has 0 radical (unpaired) electrons. The molecule has 4 heteroatoms. The molecule has 1 amide bonds. The summed E-state index contributed by atoms with van der Waals surface area (Å²) in [6.07, 6.45) is 5.57. The average Bonchev–Trinajstić information content (AvgIpc) is 2.69. The summed E-state index contributed by atoms with van der Waals surface area (Å²) in [5, 5.41) is 0. The van der Waals surface area contributed by atoms with Gasteiger partial charge in [-0.05, 0) is 36.6 Å². The maximum atomic E-state index is 12.6. The number of carbonyl (C=O) groups excluding carboxylic acids is 2. The van der Waals surface area contributed by atoms with Crippen LogP contribution in [0.5, 0.6) is 5.75 Å². The molecule has 142 valence electrons. The minimum Gasteiger partial charge on any atom is -0.489 e. The number of benzene rings is 2. The van der Waals surface area contributed by atoms with E-state index in [0.29, 0.717) is 37.3 Å². The standard InChI is InChI=1S/C23H27NO3/c1-3-16-24(19(2)25)17-9-18-27-23-13-8-7-12-21(23)22(26)15-14-20-10-5-4-6-11-20/h4-13,17H,3,14-16,18H2,1-2H3/b17-9-. The van der Waals surface area contributed by atoms with Crippen molar-refractivity contribution in [2.24, 2.45) is 0 Å². The number of aryl methyl sites for hydroxylation is 1. The van der Waals surface area contributed by atoms with Crippen LogP contribution in [0.1, 0.15) is 42.6 Å². The molecule has 2 aromatic carbocycles. The first-order valence-electron chi connectivity index (χ1n) is 9.34. The monoisotopic (exact) mass is 365 g/mol. The Morgan fingerprint density at radius 2 is 1.74 bits per heavy atom. The molecule has 0 unspecified atom stereocenters. The number of amides is 1. The topological polar surface area (TPSA) is 46.6 Å². The molecule has 0 N–H and O–H groups in total. The molecule has 4 nitrogen and oxygen atoms in total. The summed E-state index contributed by atoms with van der Waals surface area (Å²) in [7, 11) is 0. The molecule has 0 aliphatic heterocycles. The molecule has 0 bridgehead atoms. The lowest BCUT2D eigenvalue weighted by Gasteiger charge is -2.15. The lowest BCUT2D eigenvalue weighted by atomic mass is 10.0. The first-order chi connectivity index (χ1) is 13.1. The number of hydrogen-bond donors (Lipinski definition) is 0. The highest BCUT2D eigenvalue weighted by molar-refractivity contribution is 5.98. The van der Waals surface area contributed by atoms with Gasteiger partial charge in [-0.25, -0.2) is 0 Å². The van der Waals surface area contributed by atoms with Crippen LogP contribution in [-0.2, 0) is 11.2 Å². The summed E-state index contributed by atoms with van der Waals surface area (Å²) in [6.45, 7) is 4.55. The van der Waals surface area contributed by atoms with E-state index in [1.807, 2.05) is 49.4 Å². The zero-order chi connectivity index (χ0) is 19.5. The number of ether oxygens (including phenoxy) is 1. The Morgan fingerprint density at radius 3 is 2.44 bits per heavy atom. The molecule has 0 fully saturated rings. The number of rotatable bonds is 10. The first-order valence-corrected chi connectivity index (χ1v) is 9.34. The molecule has 0 aliphatic carbocycles. The van der Waals surface area contributed by atoms with Gasteiger partial charge in [-0.1, -0.05) is 49.4 Å². The van der Waals surface area contributed by atoms with Crippen molar-refractivity contribution in [3.05, 3.63) is 78.0 Å². The van der Waals surface area contributed by atoms with E-state index in [-0.39, 0.29) is 11.7 Å². The van der Waals surface area contributed by atoms with E-state index in [4.69, 9.17) is 4.74 Å². The Kier molecular flexibility index (Phi) is 8.30. The molecule has 27 heavy (non-hydrogen) atoms. The van der Waals surface area contributed by atoms with Crippen molar-refractivity contribution >= 4 is 11.7 Å². The summed E-state index contributed by atoms with van der Waals surface area (Å²) in [6, 6.07) is 17.3. The van der Waals surface area contributed by atoms with Crippen LogP contribution in [0.2, 0.25) is 0 Å². The van der Waals surface area contributed by atoms with Crippen molar-refractivity contribution in [3.63, 3.8) is 0 Å². The van der Waals surface area contributed by atoms with Gasteiger partial charge < -0.3 is 9.64 Å². The van der Waals surface area contributed by atoms with Gasteiger partial charge >= 0.3 is 0 Å². The van der Waals surface area contributed by atoms with Crippen LogP contribution in [0.3, 0.4) is 0 Å². The quantitative estimate of drug-likeness (QED) is 0.576. The number of ketones is 1. The van der Waals surface area contributed by atoms with E-state index in [2.05, 4.69) is 0 Å². The Hall–Kier alpha value is -2.88. The van der Waals surface area contributed by atoms with Crippen LogP contribution in [0, 0.1) is 0 Å². The van der Waals surface area contributed by atoms with Crippen LogP contribution in [0.4, 0.5) is 0 Å². The second kappa shape index (κ2) is 11.0. The van der Waals surface area contributed by atoms with Crippen LogP contribution < -0.4 is 4.74 Å². The highest BCUT2D eigenvalue weighted by Crippen LogP contribution is 2.20. The molecule has 0 saturated carbocycles. The maximum absolute atomic E-state index is 12.6. The molecule has 0 spiro atoms. The number of carbonyl (C=O) groups is 2. The van der Waals surface area contributed by atoms with Gasteiger partial charge in [0, 0.05) is 26.1 Å². The first kappa shape index (κ1) is 20.4. The zero-order valence-corrected chi connectivity index (χ0v) is 16.1. The van der Waals surface area contributed by atoms with E-state index >= 15 is 0 Å². The van der Waals surface area contributed by atoms with Crippen LogP contribution in [0.15, 0.2) is 66.9 Å². The van der Waals surface area contributed by atoms with Gasteiger partial charge in [0.15, 0.2) is 5.78 Å². The average molecular weight is 365 g/mol. The molecule has 2 rings (SSSR count).